The van der Waals surface area contributed by atoms with Crippen LogP contribution >= 0.6 is 11.3 Å². The van der Waals surface area contributed by atoms with Crippen LogP contribution in [0.4, 0.5) is 0 Å². The zero-order valence-corrected chi connectivity index (χ0v) is 9.33. The fourth-order valence-electron chi connectivity index (χ4n) is 2.67. The molecule has 0 radical (unpaired) electrons. The van der Waals surface area contributed by atoms with Crippen molar-refractivity contribution in [2.75, 3.05) is 6.54 Å². The molecular formula is C12H17NS. The first-order valence-corrected chi connectivity index (χ1v) is 6.53. The van der Waals surface area contributed by atoms with E-state index in [9.17, 15) is 0 Å². The van der Waals surface area contributed by atoms with Gasteiger partial charge in [0.15, 0.2) is 0 Å². The van der Waals surface area contributed by atoms with Crippen LogP contribution in [0.1, 0.15) is 41.7 Å². The summed E-state index contributed by atoms with van der Waals surface area (Å²) in [6, 6.07) is 0. The van der Waals surface area contributed by atoms with E-state index in [1.165, 1.54) is 38.5 Å². The number of aryl methyl sites for hydroxylation is 1. The smallest absolute Gasteiger partial charge is 0.00872 e. The molecule has 14 heavy (non-hydrogen) atoms. The Labute approximate surface area is 89.3 Å². The predicted octanol–water partition coefficient (Wildman–Crippen LogP) is 2.62. The number of nitrogens with two attached hydrogens (primary N) is 1. The molecule has 0 spiro atoms. The minimum absolute atomic E-state index is 0.418. The van der Waals surface area contributed by atoms with Gasteiger partial charge in [-0.2, -0.15) is 0 Å². The normalized spacial score (nSPS) is 23.2. The quantitative estimate of drug-likeness (QED) is 0.792. The molecule has 2 aliphatic carbocycles. The van der Waals surface area contributed by atoms with Crippen molar-refractivity contribution in [2.45, 2.75) is 43.9 Å². The molecule has 0 aliphatic heterocycles. The maximum absolute atomic E-state index is 5.90. The molecule has 0 amide bonds. The number of fused-ring (bicyclic) bond motifs is 1. The van der Waals surface area contributed by atoms with Crippen LogP contribution < -0.4 is 5.73 Å². The van der Waals surface area contributed by atoms with E-state index in [1.807, 2.05) is 11.3 Å². The summed E-state index contributed by atoms with van der Waals surface area (Å²) >= 11 is 1.98. The summed E-state index contributed by atoms with van der Waals surface area (Å²) in [5, 5.41) is 2.40. The fraction of sp³-hybridized carbons (Fsp3) is 0.667. The molecule has 1 aromatic heterocycles. The zero-order chi connectivity index (χ0) is 9.60. The first-order chi connectivity index (χ1) is 6.86. The number of hydrogen-bond acceptors (Lipinski definition) is 2. The van der Waals surface area contributed by atoms with Crippen molar-refractivity contribution < 1.29 is 0 Å². The lowest BCUT2D eigenvalue weighted by Crippen LogP contribution is -2.21. The minimum atomic E-state index is 0.418. The highest BCUT2D eigenvalue weighted by molar-refractivity contribution is 7.10. The van der Waals surface area contributed by atoms with Crippen LogP contribution in [0.15, 0.2) is 5.38 Å². The van der Waals surface area contributed by atoms with E-state index in [1.54, 1.807) is 16.0 Å². The molecule has 0 atom stereocenters. The molecular weight excluding hydrogens is 190 g/mol. The summed E-state index contributed by atoms with van der Waals surface area (Å²) in [4.78, 5) is 1.66. The van der Waals surface area contributed by atoms with Crippen LogP contribution in [0.25, 0.3) is 0 Å². The van der Waals surface area contributed by atoms with E-state index >= 15 is 0 Å². The molecule has 1 fully saturated rings. The average Bonchev–Trinajstić information content (AvgIpc) is 2.91. The largest absolute Gasteiger partial charge is 0.330 e. The van der Waals surface area contributed by atoms with E-state index in [4.69, 9.17) is 5.73 Å². The van der Waals surface area contributed by atoms with Gasteiger partial charge < -0.3 is 5.73 Å². The van der Waals surface area contributed by atoms with Crippen LogP contribution in [0, 0.1) is 0 Å². The van der Waals surface area contributed by atoms with Crippen LogP contribution in [0.3, 0.4) is 0 Å². The van der Waals surface area contributed by atoms with Gasteiger partial charge in [0.1, 0.15) is 0 Å². The molecule has 1 heterocycles. The van der Waals surface area contributed by atoms with E-state index < -0.39 is 0 Å². The van der Waals surface area contributed by atoms with Gasteiger partial charge in [0.05, 0.1) is 0 Å². The molecule has 1 aromatic rings. The van der Waals surface area contributed by atoms with Crippen molar-refractivity contribution >= 4 is 11.3 Å². The van der Waals surface area contributed by atoms with Crippen molar-refractivity contribution in [1.82, 2.24) is 0 Å². The van der Waals surface area contributed by atoms with Gasteiger partial charge in [-0.05, 0) is 55.0 Å². The van der Waals surface area contributed by atoms with Gasteiger partial charge in [-0.25, -0.2) is 0 Å². The Balaban J connectivity index is 2.02. The van der Waals surface area contributed by atoms with Crippen molar-refractivity contribution in [1.29, 1.82) is 0 Å². The Kier molecular flexibility index (Phi) is 1.96. The molecule has 2 heteroatoms. The SMILES string of the molecule is NCC1(c2csc3c2CCCC3)CC1. The molecule has 1 saturated carbocycles. The Morgan fingerprint density at radius 1 is 1.29 bits per heavy atom. The van der Waals surface area contributed by atoms with E-state index in [-0.39, 0.29) is 0 Å². The Hall–Kier alpha value is -0.340. The van der Waals surface area contributed by atoms with Crippen molar-refractivity contribution in [3.8, 4) is 0 Å². The Bertz CT molecular complexity index is 349. The Morgan fingerprint density at radius 3 is 2.79 bits per heavy atom. The summed E-state index contributed by atoms with van der Waals surface area (Å²) < 4.78 is 0. The van der Waals surface area contributed by atoms with Gasteiger partial charge in [-0.1, -0.05) is 0 Å². The van der Waals surface area contributed by atoms with Gasteiger partial charge in [0.25, 0.3) is 0 Å². The van der Waals surface area contributed by atoms with Gasteiger partial charge in [-0.15, -0.1) is 11.3 Å². The van der Waals surface area contributed by atoms with Gasteiger partial charge in [0.2, 0.25) is 0 Å². The third-order valence-electron chi connectivity index (χ3n) is 3.88. The molecule has 0 unspecified atom stereocenters. The summed E-state index contributed by atoms with van der Waals surface area (Å²) in [5.41, 5.74) is 9.63. The lowest BCUT2D eigenvalue weighted by Gasteiger charge is -2.17. The molecule has 1 nitrogen and oxygen atoms in total. The number of thiophene rings is 1. The molecule has 3 rings (SSSR count). The van der Waals surface area contributed by atoms with Gasteiger partial charge in [-0.3, -0.25) is 0 Å². The van der Waals surface area contributed by atoms with E-state index in [2.05, 4.69) is 5.38 Å². The lowest BCUT2D eigenvalue weighted by atomic mass is 9.88. The highest BCUT2D eigenvalue weighted by Gasteiger charge is 2.45. The van der Waals surface area contributed by atoms with Crippen molar-refractivity contribution in [2.24, 2.45) is 5.73 Å². The Morgan fingerprint density at radius 2 is 2.07 bits per heavy atom. The zero-order valence-electron chi connectivity index (χ0n) is 8.51. The highest BCUT2D eigenvalue weighted by atomic mass is 32.1. The summed E-state index contributed by atoms with van der Waals surface area (Å²) in [7, 11) is 0. The first kappa shape index (κ1) is 8.93. The van der Waals surface area contributed by atoms with Gasteiger partial charge in [0, 0.05) is 16.8 Å². The molecule has 2 N–H and O–H groups in total. The first-order valence-electron chi connectivity index (χ1n) is 5.65. The number of rotatable bonds is 2. The van der Waals surface area contributed by atoms with E-state index in [0.29, 0.717) is 5.41 Å². The maximum Gasteiger partial charge on any atom is 0.00872 e. The lowest BCUT2D eigenvalue weighted by molar-refractivity contribution is 0.654. The molecule has 76 valence electrons. The maximum atomic E-state index is 5.90. The molecule has 0 aromatic carbocycles. The van der Waals surface area contributed by atoms with Crippen LogP contribution in [0.5, 0.6) is 0 Å². The van der Waals surface area contributed by atoms with Crippen LogP contribution in [-0.4, -0.2) is 6.54 Å². The highest BCUT2D eigenvalue weighted by Crippen LogP contribution is 2.51. The monoisotopic (exact) mass is 207 g/mol. The second-order valence-electron chi connectivity index (χ2n) is 4.74. The minimum Gasteiger partial charge on any atom is -0.330 e. The molecule has 2 aliphatic rings. The topological polar surface area (TPSA) is 26.0 Å². The van der Waals surface area contributed by atoms with E-state index in [0.717, 1.165) is 6.54 Å². The predicted molar refractivity (Wildman–Crippen MR) is 60.9 cm³/mol. The fourth-order valence-corrected chi connectivity index (χ4v) is 3.94. The van der Waals surface area contributed by atoms with Gasteiger partial charge >= 0.3 is 0 Å². The summed E-state index contributed by atoms with van der Waals surface area (Å²) in [6.45, 7) is 0.857. The van der Waals surface area contributed by atoms with Crippen LogP contribution in [0.2, 0.25) is 0 Å². The van der Waals surface area contributed by atoms with Crippen molar-refractivity contribution in [3.63, 3.8) is 0 Å². The molecule has 0 bridgehead atoms. The number of hydrogen-bond donors (Lipinski definition) is 1. The summed E-state index contributed by atoms with van der Waals surface area (Å²) in [6.07, 6.45) is 8.07. The third-order valence-corrected chi connectivity index (χ3v) is 4.97. The average molecular weight is 207 g/mol. The third kappa shape index (κ3) is 1.17. The second kappa shape index (κ2) is 3.07. The van der Waals surface area contributed by atoms with Crippen LogP contribution in [-0.2, 0) is 18.3 Å². The molecule has 0 saturated heterocycles. The standard InChI is InChI=1S/C12H17NS/c13-8-12(5-6-12)10-7-14-11-4-2-1-3-9(10)11/h7H,1-6,8,13H2. The van der Waals surface area contributed by atoms with Crippen molar-refractivity contribution in [3.05, 3.63) is 21.4 Å². The second-order valence-corrected chi connectivity index (χ2v) is 5.71. The summed E-state index contributed by atoms with van der Waals surface area (Å²) in [5.74, 6) is 0.